The molecule has 2 rings (SSSR count). The zero-order chi connectivity index (χ0) is 16.3. The van der Waals surface area contributed by atoms with Gasteiger partial charge < -0.3 is 14.7 Å². The second kappa shape index (κ2) is 6.85. The molecule has 22 heavy (non-hydrogen) atoms. The predicted octanol–water partition coefficient (Wildman–Crippen LogP) is 2.52. The summed E-state index contributed by atoms with van der Waals surface area (Å²) in [5, 5.41) is 9.75. The SMILES string of the molecule is COCCN(CC(=O)O)C(=O)c1sc2cc(F)ccc2c1C. The third kappa shape index (κ3) is 3.42. The minimum atomic E-state index is -1.09. The highest BCUT2D eigenvalue weighted by Crippen LogP contribution is 2.32. The fourth-order valence-corrected chi connectivity index (χ4v) is 3.37. The molecule has 118 valence electrons. The number of carbonyl (C=O) groups is 2. The molecule has 1 amide bonds. The van der Waals surface area contributed by atoms with Gasteiger partial charge in [0.05, 0.1) is 11.5 Å². The Morgan fingerprint density at radius 3 is 2.77 bits per heavy atom. The third-order valence-electron chi connectivity index (χ3n) is 3.27. The number of carbonyl (C=O) groups excluding carboxylic acids is 1. The first-order valence-corrected chi connectivity index (χ1v) is 7.44. The van der Waals surface area contributed by atoms with Gasteiger partial charge in [-0.05, 0) is 30.0 Å². The van der Waals surface area contributed by atoms with E-state index in [0.717, 1.165) is 10.9 Å². The highest BCUT2D eigenvalue weighted by molar-refractivity contribution is 7.21. The second-order valence-corrected chi connectivity index (χ2v) is 5.86. The lowest BCUT2D eigenvalue weighted by Crippen LogP contribution is -2.37. The number of fused-ring (bicyclic) bond motifs is 1. The van der Waals surface area contributed by atoms with Crippen molar-refractivity contribution in [2.45, 2.75) is 6.92 Å². The molecule has 2 aromatic rings. The standard InChI is InChI=1S/C15H16FNO4S/c1-9-11-4-3-10(16)7-12(11)22-14(9)15(20)17(5-6-21-2)8-13(18)19/h3-4,7H,5-6,8H2,1-2H3,(H,18,19). The van der Waals surface area contributed by atoms with Crippen molar-refractivity contribution in [3.8, 4) is 0 Å². The molecule has 0 aliphatic heterocycles. The summed E-state index contributed by atoms with van der Waals surface area (Å²) in [6.07, 6.45) is 0. The van der Waals surface area contributed by atoms with Gasteiger partial charge in [-0.2, -0.15) is 0 Å². The molecule has 5 nitrogen and oxygen atoms in total. The van der Waals surface area contributed by atoms with E-state index in [2.05, 4.69) is 0 Å². The summed E-state index contributed by atoms with van der Waals surface area (Å²) in [6.45, 7) is 1.81. The summed E-state index contributed by atoms with van der Waals surface area (Å²) in [5.41, 5.74) is 0.734. The van der Waals surface area contributed by atoms with Crippen LogP contribution in [0.25, 0.3) is 10.1 Å². The molecule has 1 aromatic carbocycles. The van der Waals surface area contributed by atoms with Gasteiger partial charge in [0.2, 0.25) is 0 Å². The maximum atomic E-state index is 13.3. The number of aryl methyl sites for hydroxylation is 1. The molecule has 0 unspecified atom stereocenters. The van der Waals surface area contributed by atoms with Crippen LogP contribution in [0.3, 0.4) is 0 Å². The molecule has 0 saturated carbocycles. The summed E-state index contributed by atoms with van der Waals surface area (Å²) >= 11 is 1.17. The predicted molar refractivity (Wildman–Crippen MR) is 81.9 cm³/mol. The molecular formula is C15H16FNO4S. The van der Waals surface area contributed by atoms with Crippen molar-refractivity contribution in [3.63, 3.8) is 0 Å². The van der Waals surface area contributed by atoms with E-state index in [9.17, 15) is 14.0 Å². The first kappa shape index (κ1) is 16.4. The molecule has 7 heteroatoms. The number of hydrogen-bond donors (Lipinski definition) is 1. The van der Waals surface area contributed by atoms with Crippen LogP contribution >= 0.6 is 11.3 Å². The Morgan fingerprint density at radius 2 is 2.14 bits per heavy atom. The van der Waals surface area contributed by atoms with Gasteiger partial charge >= 0.3 is 5.97 Å². The van der Waals surface area contributed by atoms with Gasteiger partial charge in [-0.15, -0.1) is 11.3 Å². The van der Waals surface area contributed by atoms with Crippen LogP contribution < -0.4 is 0 Å². The van der Waals surface area contributed by atoms with E-state index in [1.807, 2.05) is 0 Å². The van der Waals surface area contributed by atoms with Gasteiger partial charge in [-0.3, -0.25) is 9.59 Å². The lowest BCUT2D eigenvalue weighted by Gasteiger charge is -2.19. The molecule has 1 aromatic heterocycles. The summed E-state index contributed by atoms with van der Waals surface area (Å²) in [7, 11) is 1.48. The minimum absolute atomic E-state index is 0.184. The first-order valence-electron chi connectivity index (χ1n) is 6.62. The number of rotatable bonds is 6. The highest BCUT2D eigenvalue weighted by Gasteiger charge is 2.23. The molecule has 1 heterocycles. The average molecular weight is 325 g/mol. The zero-order valence-corrected chi connectivity index (χ0v) is 13.1. The number of methoxy groups -OCH3 is 1. The van der Waals surface area contributed by atoms with Crippen LogP contribution in [0.15, 0.2) is 18.2 Å². The van der Waals surface area contributed by atoms with E-state index >= 15 is 0 Å². The van der Waals surface area contributed by atoms with Crippen LogP contribution in [0.2, 0.25) is 0 Å². The number of ether oxygens (including phenoxy) is 1. The highest BCUT2D eigenvalue weighted by atomic mass is 32.1. The van der Waals surface area contributed by atoms with Gasteiger partial charge in [0.15, 0.2) is 0 Å². The number of carboxylic acids is 1. The van der Waals surface area contributed by atoms with E-state index in [1.165, 1.54) is 35.5 Å². The van der Waals surface area contributed by atoms with Gasteiger partial charge in [-0.25, -0.2) is 4.39 Å². The number of amides is 1. The first-order chi connectivity index (χ1) is 10.4. The second-order valence-electron chi connectivity index (χ2n) is 4.81. The fourth-order valence-electron chi connectivity index (χ4n) is 2.16. The molecule has 0 atom stereocenters. The summed E-state index contributed by atoms with van der Waals surface area (Å²) < 4.78 is 18.9. The number of halogens is 1. The summed E-state index contributed by atoms with van der Waals surface area (Å²) in [4.78, 5) is 25.2. The van der Waals surface area contributed by atoms with Crippen molar-refractivity contribution < 1.29 is 23.8 Å². The maximum Gasteiger partial charge on any atom is 0.323 e. The quantitative estimate of drug-likeness (QED) is 0.886. The van der Waals surface area contributed by atoms with Crippen LogP contribution in [0.4, 0.5) is 4.39 Å². The molecule has 0 aliphatic carbocycles. The van der Waals surface area contributed by atoms with Crippen molar-refractivity contribution in [1.29, 1.82) is 0 Å². The van der Waals surface area contributed by atoms with Crippen molar-refractivity contribution >= 4 is 33.3 Å². The van der Waals surface area contributed by atoms with Gasteiger partial charge in [0, 0.05) is 18.4 Å². The Hall–Kier alpha value is -1.99. The molecule has 0 saturated heterocycles. The molecule has 0 fully saturated rings. The monoisotopic (exact) mass is 325 g/mol. The molecular weight excluding hydrogens is 309 g/mol. The van der Waals surface area contributed by atoms with Crippen LogP contribution in [0.5, 0.6) is 0 Å². The van der Waals surface area contributed by atoms with Crippen molar-refractivity contribution in [2.24, 2.45) is 0 Å². The van der Waals surface area contributed by atoms with Gasteiger partial charge in [-0.1, -0.05) is 6.07 Å². The van der Waals surface area contributed by atoms with Crippen molar-refractivity contribution in [1.82, 2.24) is 4.90 Å². The number of nitrogens with zero attached hydrogens (tertiary/aromatic N) is 1. The molecule has 0 spiro atoms. The number of benzene rings is 1. The number of carboxylic acid groups (broad SMARTS) is 1. The average Bonchev–Trinajstić information content (AvgIpc) is 2.78. The maximum absolute atomic E-state index is 13.3. The Labute approximate surface area is 130 Å². The van der Waals surface area contributed by atoms with Gasteiger partial charge in [0.25, 0.3) is 5.91 Å². The third-order valence-corrected chi connectivity index (χ3v) is 4.52. The van der Waals surface area contributed by atoms with E-state index in [1.54, 1.807) is 13.0 Å². The fraction of sp³-hybridized carbons (Fsp3) is 0.333. The molecule has 1 N–H and O–H groups in total. The van der Waals surface area contributed by atoms with Crippen LogP contribution in [0, 0.1) is 12.7 Å². The molecule has 0 bridgehead atoms. The van der Waals surface area contributed by atoms with Crippen molar-refractivity contribution in [3.05, 3.63) is 34.5 Å². The Balaban J connectivity index is 2.37. The summed E-state index contributed by atoms with van der Waals surface area (Å²) in [6, 6.07) is 4.35. The normalized spacial score (nSPS) is 10.9. The molecule has 0 aliphatic rings. The summed E-state index contributed by atoms with van der Waals surface area (Å²) in [5.74, 6) is -1.83. The smallest absolute Gasteiger partial charge is 0.323 e. The van der Waals surface area contributed by atoms with Crippen LogP contribution in [-0.2, 0) is 9.53 Å². The lowest BCUT2D eigenvalue weighted by molar-refractivity contribution is -0.137. The van der Waals surface area contributed by atoms with Crippen LogP contribution in [0.1, 0.15) is 15.2 Å². The minimum Gasteiger partial charge on any atom is -0.480 e. The topological polar surface area (TPSA) is 66.8 Å². The van der Waals surface area contributed by atoms with E-state index in [4.69, 9.17) is 9.84 Å². The van der Waals surface area contributed by atoms with E-state index in [0.29, 0.717) is 9.58 Å². The van der Waals surface area contributed by atoms with E-state index in [-0.39, 0.29) is 24.9 Å². The Morgan fingerprint density at radius 1 is 1.41 bits per heavy atom. The Kier molecular flexibility index (Phi) is 5.10. The lowest BCUT2D eigenvalue weighted by atomic mass is 10.1. The van der Waals surface area contributed by atoms with Gasteiger partial charge in [0.1, 0.15) is 12.4 Å². The van der Waals surface area contributed by atoms with Crippen LogP contribution in [-0.4, -0.2) is 48.7 Å². The zero-order valence-electron chi connectivity index (χ0n) is 12.3. The molecule has 0 radical (unpaired) electrons. The number of hydrogen-bond acceptors (Lipinski definition) is 4. The largest absolute Gasteiger partial charge is 0.480 e. The number of aliphatic carboxylic acids is 1. The van der Waals surface area contributed by atoms with E-state index < -0.39 is 12.5 Å². The number of thiophene rings is 1. The van der Waals surface area contributed by atoms with Crippen molar-refractivity contribution in [2.75, 3.05) is 26.8 Å². The Bertz CT molecular complexity index is 713.